The molecule has 1 N–H and O–H groups in total. The Hall–Kier alpha value is -0.910. The van der Waals surface area contributed by atoms with Crippen LogP contribution in [0.25, 0.3) is 0 Å². The smallest absolute Gasteiger partial charge is 0.138 e. The Morgan fingerprint density at radius 2 is 2.25 bits per heavy atom. The lowest BCUT2D eigenvalue weighted by molar-refractivity contribution is 0.303. The highest BCUT2D eigenvalue weighted by atomic mass is 79.9. The molecule has 1 aromatic heterocycles. The lowest BCUT2D eigenvalue weighted by Gasteiger charge is -2.14. The van der Waals surface area contributed by atoms with Gasteiger partial charge in [-0.15, -0.1) is 11.3 Å². The van der Waals surface area contributed by atoms with Crippen LogP contribution in [0, 0.1) is 5.92 Å². The Kier molecular flexibility index (Phi) is 6.01. The van der Waals surface area contributed by atoms with E-state index in [9.17, 15) is 0 Å². The van der Waals surface area contributed by atoms with Gasteiger partial charge in [0.25, 0.3) is 0 Å². The quantitative estimate of drug-likeness (QED) is 0.807. The molecule has 1 heterocycles. The highest BCUT2D eigenvalue weighted by molar-refractivity contribution is 9.10. The van der Waals surface area contributed by atoms with Gasteiger partial charge in [0.15, 0.2) is 0 Å². The molecule has 0 spiro atoms. The standard InChI is InChI=1S/C15H19BrN2OS/c1-11(2)6-17-7-12-4-3-5-14(16)15(12)19-9-13-8-18-10-20-13/h3-5,8,10-11,17H,6-7,9H2,1-2H3. The maximum atomic E-state index is 5.95. The van der Waals surface area contributed by atoms with Gasteiger partial charge in [0, 0.05) is 18.3 Å². The van der Waals surface area contributed by atoms with Crippen LogP contribution in [-0.2, 0) is 13.2 Å². The van der Waals surface area contributed by atoms with E-state index >= 15 is 0 Å². The van der Waals surface area contributed by atoms with Crippen LogP contribution in [0.2, 0.25) is 0 Å². The molecule has 0 bridgehead atoms. The van der Waals surface area contributed by atoms with Crippen LogP contribution >= 0.6 is 27.3 Å². The zero-order valence-electron chi connectivity index (χ0n) is 11.7. The molecule has 0 saturated heterocycles. The molecule has 2 aromatic rings. The Morgan fingerprint density at radius 3 is 2.95 bits per heavy atom. The summed E-state index contributed by atoms with van der Waals surface area (Å²) in [6, 6.07) is 6.14. The van der Waals surface area contributed by atoms with Crippen molar-refractivity contribution in [3.05, 3.63) is 44.8 Å². The summed E-state index contributed by atoms with van der Waals surface area (Å²) < 4.78 is 6.94. The second kappa shape index (κ2) is 7.76. The summed E-state index contributed by atoms with van der Waals surface area (Å²) in [5, 5.41) is 3.45. The Balaban J connectivity index is 2.01. The van der Waals surface area contributed by atoms with Crippen molar-refractivity contribution in [1.82, 2.24) is 10.3 Å². The average molecular weight is 355 g/mol. The van der Waals surface area contributed by atoms with Gasteiger partial charge >= 0.3 is 0 Å². The van der Waals surface area contributed by atoms with E-state index in [-0.39, 0.29) is 0 Å². The summed E-state index contributed by atoms with van der Waals surface area (Å²) in [4.78, 5) is 5.19. The zero-order valence-corrected chi connectivity index (χ0v) is 14.1. The van der Waals surface area contributed by atoms with Gasteiger partial charge in [0.05, 0.1) is 14.9 Å². The number of ether oxygens (including phenoxy) is 1. The van der Waals surface area contributed by atoms with E-state index in [0.29, 0.717) is 12.5 Å². The largest absolute Gasteiger partial charge is 0.486 e. The van der Waals surface area contributed by atoms with Crippen LogP contribution in [0.15, 0.2) is 34.4 Å². The zero-order chi connectivity index (χ0) is 14.4. The van der Waals surface area contributed by atoms with Crippen LogP contribution in [0.3, 0.4) is 0 Å². The van der Waals surface area contributed by atoms with Crippen LogP contribution in [-0.4, -0.2) is 11.5 Å². The number of para-hydroxylation sites is 1. The highest BCUT2D eigenvalue weighted by Crippen LogP contribution is 2.30. The minimum Gasteiger partial charge on any atom is -0.486 e. The van der Waals surface area contributed by atoms with Crippen molar-refractivity contribution >= 4 is 27.3 Å². The number of halogens is 1. The number of thiazole rings is 1. The molecule has 20 heavy (non-hydrogen) atoms. The second-order valence-electron chi connectivity index (χ2n) is 5.01. The van der Waals surface area contributed by atoms with Gasteiger partial charge < -0.3 is 10.1 Å². The molecule has 0 unspecified atom stereocenters. The SMILES string of the molecule is CC(C)CNCc1cccc(Br)c1OCc1cncs1. The Morgan fingerprint density at radius 1 is 1.40 bits per heavy atom. The van der Waals surface area contributed by atoms with Crippen molar-refractivity contribution in [3.8, 4) is 5.75 Å². The monoisotopic (exact) mass is 354 g/mol. The maximum Gasteiger partial charge on any atom is 0.138 e. The molecular weight excluding hydrogens is 336 g/mol. The molecule has 5 heteroatoms. The third kappa shape index (κ3) is 4.58. The summed E-state index contributed by atoms with van der Waals surface area (Å²) in [6.45, 7) is 6.78. The van der Waals surface area contributed by atoms with E-state index in [1.165, 1.54) is 5.56 Å². The summed E-state index contributed by atoms with van der Waals surface area (Å²) >= 11 is 5.18. The van der Waals surface area contributed by atoms with Gasteiger partial charge in [0.1, 0.15) is 12.4 Å². The number of hydrogen-bond acceptors (Lipinski definition) is 4. The number of aromatic nitrogens is 1. The molecule has 0 atom stereocenters. The molecule has 3 nitrogen and oxygen atoms in total. The van der Waals surface area contributed by atoms with Crippen molar-refractivity contribution in [2.24, 2.45) is 5.92 Å². The molecule has 0 fully saturated rings. The van der Waals surface area contributed by atoms with Crippen molar-refractivity contribution in [1.29, 1.82) is 0 Å². The third-order valence-corrected chi connectivity index (χ3v) is 4.14. The van der Waals surface area contributed by atoms with Gasteiger partial charge in [0.2, 0.25) is 0 Å². The van der Waals surface area contributed by atoms with Crippen LogP contribution in [0.5, 0.6) is 5.75 Å². The lowest BCUT2D eigenvalue weighted by atomic mass is 10.2. The Bertz CT molecular complexity index is 529. The predicted molar refractivity (Wildman–Crippen MR) is 87.1 cm³/mol. The average Bonchev–Trinajstić information content (AvgIpc) is 2.90. The normalized spacial score (nSPS) is 11.0. The summed E-state index contributed by atoms with van der Waals surface area (Å²) in [7, 11) is 0. The van der Waals surface area contributed by atoms with Crippen LogP contribution in [0.4, 0.5) is 0 Å². The lowest BCUT2D eigenvalue weighted by Crippen LogP contribution is -2.19. The fraction of sp³-hybridized carbons (Fsp3) is 0.400. The van der Waals surface area contributed by atoms with Crippen LogP contribution in [0.1, 0.15) is 24.3 Å². The second-order valence-corrected chi connectivity index (χ2v) is 6.83. The molecular formula is C15H19BrN2OS. The number of hydrogen-bond donors (Lipinski definition) is 1. The van der Waals surface area contributed by atoms with Crippen LogP contribution < -0.4 is 10.1 Å². The summed E-state index contributed by atoms with van der Waals surface area (Å²) in [5.41, 5.74) is 2.99. The van der Waals surface area contributed by atoms with E-state index in [2.05, 4.69) is 46.1 Å². The highest BCUT2D eigenvalue weighted by Gasteiger charge is 2.09. The minimum atomic E-state index is 0.560. The van der Waals surface area contributed by atoms with Crippen molar-refractivity contribution in [3.63, 3.8) is 0 Å². The fourth-order valence-corrected chi connectivity index (χ4v) is 2.83. The van der Waals surface area contributed by atoms with E-state index < -0.39 is 0 Å². The summed E-state index contributed by atoms with van der Waals surface area (Å²) in [6.07, 6.45) is 1.85. The first-order chi connectivity index (χ1) is 9.66. The fourth-order valence-electron chi connectivity index (χ4n) is 1.81. The molecule has 0 aliphatic carbocycles. The Labute approximate surface area is 132 Å². The van der Waals surface area contributed by atoms with Gasteiger partial charge in [-0.05, 0) is 34.5 Å². The number of nitrogens with one attached hydrogen (secondary N) is 1. The van der Waals surface area contributed by atoms with Gasteiger partial charge in [-0.1, -0.05) is 26.0 Å². The molecule has 0 amide bonds. The molecule has 0 saturated carbocycles. The van der Waals surface area contributed by atoms with Crippen molar-refractivity contribution < 1.29 is 4.74 Å². The maximum absolute atomic E-state index is 5.95. The molecule has 1 aromatic carbocycles. The topological polar surface area (TPSA) is 34.1 Å². The number of benzene rings is 1. The molecule has 0 radical (unpaired) electrons. The van der Waals surface area contributed by atoms with Crippen molar-refractivity contribution in [2.75, 3.05) is 6.54 Å². The number of rotatable bonds is 7. The predicted octanol–water partition coefficient (Wildman–Crippen LogP) is 4.23. The molecule has 2 rings (SSSR count). The first-order valence-electron chi connectivity index (χ1n) is 6.65. The summed E-state index contributed by atoms with van der Waals surface area (Å²) in [5.74, 6) is 1.56. The molecule has 0 aliphatic rings. The molecule has 0 aliphatic heterocycles. The van der Waals surface area contributed by atoms with Gasteiger partial charge in [-0.3, -0.25) is 4.98 Å². The van der Waals surface area contributed by atoms with E-state index in [4.69, 9.17) is 4.74 Å². The first kappa shape index (κ1) is 15.5. The van der Waals surface area contributed by atoms with Gasteiger partial charge in [-0.2, -0.15) is 0 Å². The van der Waals surface area contributed by atoms with Crippen molar-refractivity contribution in [2.45, 2.75) is 27.0 Å². The van der Waals surface area contributed by atoms with Gasteiger partial charge in [-0.25, -0.2) is 0 Å². The first-order valence-corrected chi connectivity index (χ1v) is 8.32. The third-order valence-electron chi connectivity index (χ3n) is 2.76. The minimum absolute atomic E-state index is 0.560. The molecule has 108 valence electrons. The van der Waals surface area contributed by atoms with E-state index in [0.717, 1.165) is 28.2 Å². The van der Waals surface area contributed by atoms with E-state index in [1.807, 2.05) is 23.8 Å². The number of nitrogens with zero attached hydrogens (tertiary/aromatic N) is 1. The van der Waals surface area contributed by atoms with E-state index in [1.54, 1.807) is 11.3 Å².